The Morgan fingerprint density at radius 3 is 2.83 bits per heavy atom. The van der Waals surface area contributed by atoms with Gasteiger partial charge in [-0.05, 0) is 37.1 Å². The van der Waals surface area contributed by atoms with Crippen LogP contribution in [0, 0.1) is 0 Å². The first-order valence-corrected chi connectivity index (χ1v) is 6.21. The molecule has 94 valence electrons. The van der Waals surface area contributed by atoms with Gasteiger partial charge in [0.05, 0.1) is 12.3 Å². The first-order valence-electron chi connectivity index (χ1n) is 6.21. The zero-order chi connectivity index (χ0) is 12.2. The molecule has 0 spiro atoms. The number of nitrogens with one attached hydrogen (secondary N) is 1. The predicted molar refractivity (Wildman–Crippen MR) is 68.8 cm³/mol. The number of rotatable bonds is 3. The summed E-state index contributed by atoms with van der Waals surface area (Å²) in [6.45, 7) is 1.69. The maximum atomic E-state index is 5.45. The van der Waals surface area contributed by atoms with Crippen LogP contribution in [0.3, 0.4) is 0 Å². The van der Waals surface area contributed by atoms with Gasteiger partial charge in [-0.25, -0.2) is 9.67 Å². The minimum absolute atomic E-state index is 0.427. The smallest absolute Gasteiger partial charge is 0.138 e. The van der Waals surface area contributed by atoms with Gasteiger partial charge in [0.1, 0.15) is 12.7 Å². The molecule has 3 rings (SSSR count). The highest BCUT2D eigenvalue weighted by Gasteiger charge is 2.13. The number of ether oxygens (including phenoxy) is 1. The van der Waals surface area contributed by atoms with Crippen molar-refractivity contribution in [2.45, 2.75) is 18.9 Å². The van der Waals surface area contributed by atoms with Crippen molar-refractivity contribution in [3.8, 4) is 5.69 Å². The molecule has 5 heteroatoms. The minimum atomic E-state index is 0.427. The Labute approximate surface area is 106 Å². The van der Waals surface area contributed by atoms with Gasteiger partial charge in [-0.1, -0.05) is 0 Å². The molecule has 1 aliphatic heterocycles. The molecule has 1 unspecified atom stereocenters. The maximum absolute atomic E-state index is 5.45. The third-order valence-corrected chi connectivity index (χ3v) is 3.08. The zero-order valence-electron chi connectivity index (χ0n) is 10.1. The summed E-state index contributed by atoms with van der Waals surface area (Å²) in [6.07, 6.45) is 5.53. The fraction of sp³-hybridized carbons (Fsp3) is 0.385. The van der Waals surface area contributed by atoms with Gasteiger partial charge in [0.2, 0.25) is 0 Å². The van der Waals surface area contributed by atoms with Gasteiger partial charge < -0.3 is 10.1 Å². The Kier molecular flexibility index (Phi) is 3.23. The van der Waals surface area contributed by atoms with E-state index in [1.165, 1.54) is 12.7 Å². The van der Waals surface area contributed by atoms with Crippen LogP contribution in [0.25, 0.3) is 5.69 Å². The van der Waals surface area contributed by atoms with Crippen molar-refractivity contribution in [3.63, 3.8) is 0 Å². The zero-order valence-corrected chi connectivity index (χ0v) is 10.1. The van der Waals surface area contributed by atoms with E-state index in [9.17, 15) is 0 Å². The largest absolute Gasteiger partial charge is 0.380 e. The van der Waals surface area contributed by atoms with E-state index in [-0.39, 0.29) is 0 Å². The molecule has 0 aliphatic carbocycles. The molecule has 1 aromatic heterocycles. The number of hydrogen-bond donors (Lipinski definition) is 1. The lowest BCUT2D eigenvalue weighted by Gasteiger charge is -2.24. The van der Waals surface area contributed by atoms with Gasteiger partial charge >= 0.3 is 0 Å². The molecule has 1 saturated heterocycles. The van der Waals surface area contributed by atoms with E-state index in [0.29, 0.717) is 6.04 Å². The van der Waals surface area contributed by atoms with Gasteiger partial charge in [-0.2, -0.15) is 5.10 Å². The third-order valence-electron chi connectivity index (χ3n) is 3.08. The Balaban J connectivity index is 1.67. The summed E-state index contributed by atoms with van der Waals surface area (Å²) >= 11 is 0. The lowest BCUT2D eigenvalue weighted by molar-refractivity contribution is 0.0876. The Bertz CT molecular complexity index is 474. The van der Waals surface area contributed by atoms with Gasteiger partial charge in [0.25, 0.3) is 0 Å². The highest BCUT2D eigenvalue weighted by atomic mass is 16.5. The quantitative estimate of drug-likeness (QED) is 0.895. The average molecular weight is 244 g/mol. The first kappa shape index (κ1) is 11.2. The van der Waals surface area contributed by atoms with Gasteiger partial charge in [0, 0.05) is 18.3 Å². The fourth-order valence-corrected chi connectivity index (χ4v) is 2.14. The van der Waals surface area contributed by atoms with Crippen LogP contribution in [0.15, 0.2) is 36.9 Å². The number of hydrogen-bond acceptors (Lipinski definition) is 4. The van der Waals surface area contributed by atoms with Gasteiger partial charge in [-0.15, -0.1) is 0 Å². The monoisotopic (exact) mass is 244 g/mol. The third kappa shape index (κ3) is 2.51. The van der Waals surface area contributed by atoms with Crippen LogP contribution in [-0.2, 0) is 4.74 Å². The minimum Gasteiger partial charge on any atom is -0.380 e. The molecule has 1 aromatic carbocycles. The van der Waals surface area contributed by atoms with E-state index in [1.807, 2.05) is 12.1 Å². The van der Waals surface area contributed by atoms with Crippen molar-refractivity contribution in [2.75, 3.05) is 18.5 Å². The highest BCUT2D eigenvalue weighted by Crippen LogP contribution is 2.16. The van der Waals surface area contributed by atoms with Crippen LogP contribution in [-0.4, -0.2) is 34.0 Å². The summed E-state index contributed by atoms with van der Waals surface area (Å²) in [7, 11) is 0. The van der Waals surface area contributed by atoms with Crippen molar-refractivity contribution in [1.29, 1.82) is 0 Å². The second-order valence-corrected chi connectivity index (χ2v) is 4.45. The second kappa shape index (κ2) is 5.18. The molecule has 2 aromatic rings. The summed E-state index contributed by atoms with van der Waals surface area (Å²) < 4.78 is 7.20. The van der Waals surface area contributed by atoms with E-state index in [2.05, 4.69) is 27.5 Å². The highest BCUT2D eigenvalue weighted by molar-refractivity contribution is 5.49. The van der Waals surface area contributed by atoms with Crippen LogP contribution in [0.5, 0.6) is 0 Å². The average Bonchev–Trinajstić information content (AvgIpc) is 2.95. The molecule has 1 fully saturated rings. The van der Waals surface area contributed by atoms with Crippen LogP contribution in [0.4, 0.5) is 5.69 Å². The van der Waals surface area contributed by atoms with Gasteiger partial charge in [-0.3, -0.25) is 0 Å². The summed E-state index contributed by atoms with van der Waals surface area (Å²) in [5.74, 6) is 0. The predicted octanol–water partition coefficient (Wildman–Crippen LogP) is 1.86. The molecular weight excluding hydrogens is 228 g/mol. The van der Waals surface area contributed by atoms with E-state index in [4.69, 9.17) is 4.74 Å². The molecular formula is C13H16N4O. The van der Waals surface area contributed by atoms with Crippen LogP contribution < -0.4 is 5.32 Å². The standard InChI is InChI=1S/C13H16N4O/c1-2-12(8-18-7-1)16-11-3-5-13(6-4-11)17-10-14-9-15-17/h3-6,9-10,12,16H,1-2,7-8H2. The van der Waals surface area contributed by atoms with Crippen molar-refractivity contribution in [2.24, 2.45) is 0 Å². The van der Waals surface area contributed by atoms with Crippen molar-refractivity contribution in [1.82, 2.24) is 14.8 Å². The Morgan fingerprint density at radius 2 is 2.17 bits per heavy atom. The molecule has 0 radical (unpaired) electrons. The number of nitrogens with zero attached hydrogens (tertiary/aromatic N) is 3. The number of benzene rings is 1. The molecule has 0 saturated carbocycles. The van der Waals surface area contributed by atoms with Crippen molar-refractivity contribution >= 4 is 5.69 Å². The fourth-order valence-electron chi connectivity index (χ4n) is 2.14. The summed E-state index contributed by atoms with van der Waals surface area (Å²) in [5.41, 5.74) is 2.13. The summed E-state index contributed by atoms with van der Waals surface area (Å²) in [6, 6.07) is 8.61. The van der Waals surface area contributed by atoms with E-state index in [0.717, 1.165) is 31.0 Å². The molecule has 1 aliphatic rings. The summed E-state index contributed by atoms with van der Waals surface area (Å²) in [4.78, 5) is 3.93. The Hall–Kier alpha value is -1.88. The van der Waals surface area contributed by atoms with E-state index in [1.54, 1.807) is 11.0 Å². The Morgan fingerprint density at radius 1 is 1.28 bits per heavy atom. The molecule has 1 N–H and O–H groups in total. The van der Waals surface area contributed by atoms with Crippen molar-refractivity contribution < 1.29 is 4.74 Å². The summed E-state index contributed by atoms with van der Waals surface area (Å²) in [5, 5.41) is 7.58. The lowest BCUT2D eigenvalue weighted by Crippen LogP contribution is -2.29. The van der Waals surface area contributed by atoms with Crippen LogP contribution >= 0.6 is 0 Å². The number of aromatic nitrogens is 3. The normalized spacial score (nSPS) is 19.7. The lowest BCUT2D eigenvalue weighted by atomic mass is 10.1. The second-order valence-electron chi connectivity index (χ2n) is 4.45. The van der Waals surface area contributed by atoms with Gasteiger partial charge in [0.15, 0.2) is 0 Å². The number of anilines is 1. The maximum Gasteiger partial charge on any atom is 0.138 e. The van der Waals surface area contributed by atoms with E-state index < -0.39 is 0 Å². The van der Waals surface area contributed by atoms with Crippen LogP contribution in [0.1, 0.15) is 12.8 Å². The van der Waals surface area contributed by atoms with Crippen molar-refractivity contribution in [3.05, 3.63) is 36.9 Å². The topological polar surface area (TPSA) is 52.0 Å². The molecule has 18 heavy (non-hydrogen) atoms. The SMILES string of the molecule is c1ncn(-c2ccc(NC3CCCOC3)cc2)n1. The van der Waals surface area contributed by atoms with E-state index >= 15 is 0 Å². The molecule has 1 atom stereocenters. The van der Waals surface area contributed by atoms with Crippen LogP contribution in [0.2, 0.25) is 0 Å². The molecule has 0 amide bonds. The molecule has 0 bridgehead atoms. The molecule has 5 nitrogen and oxygen atoms in total. The first-order chi connectivity index (χ1) is 8.92. The molecule has 2 heterocycles.